The van der Waals surface area contributed by atoms with Gasteiger partial charge >= 0.3 is 0 Å². The highest BCUT2D eigenvalue weighted by Crippen LogP contribution is 2.22. The summed E-state index contributed by atoms with van der Waals surface area (Å²) in [5.74, 6) is 0. The van der Waals surface area contributed by atoms with E-state index in [-0.39, 0.29) is 12.7 Å². The molecule has 0 bridgehead atoms. The topological polar surface area (TPSA) is 24.4 Å². The van der Waals surface area contributed by atoms with Crippen molar-refractivity contribution in [2.75, 3.05) is 6.67 Å². The second kappa shape index (κ2) is 4.62. The number of aliphatic imine (C=N–C) groups is 1. The first-order chi connectivity index (χ1) is 7.33. The van der Waals surface area contributed by atoms with Gasteiger partial charge in [-0.15, -0.1) is 0 Å². The minimum atomic E-state index is -0.320. The van der Waals surface area contributed by atoms with E-state index in [1.165, 1.54) is 11.1 Å². The molecule has 1 aromatic carbocycles. The van der Waals surface area contributed by atoms with Gasteiger partial charge in [0.25, 0.3) is 0 Å². The van der Waals surface area contributed by atoms with Crippen molar-refractivity contribution in [3.8, 4) is 0 Å². The highest BCUT2D eigenvalue weighted by molar-refractivity contribution is 7.78. The van der Waals surface area contributed by atoms with Crippen LogP contribution in [0.4, 0.5) is 10.1 Å². The van der Waals surface area contributed by atoms with Crippen LogP contribution in [0.2, 0.25) is 0 Å². The molecule has 2 rings (SSSR count). The van der Waals surface area contributed by atoms with Crippen LogP contribution in [0.15, 0.2) is 23.2 Å². The Kier molecular flexibility index (Phi) is 3.21. The maximum atomic E-state index is 12.5. The van der Waals surface area contributed by atoms with E-state index in [2.05, 4.69) is 27.7 Å². The molecular formula is C11H11FN2S. The second-order valence-electron chi connectivity index (χ2n) is 3.59. The molecule has 1 aliphatic heterocycles. The lowest BCUT2D eigenvalue weighted by molar-refractivity contribution is 0.359. The highest BCUT2D eigenvalue weighted by atomic mass is 32.1. The lowest BCUT2D eigenvalue weighted by atomic mass is 9.96. The summed E-state index contributed by atoms with van der Waals surface area (Å²) in [5.41, 5.74) is 3.18. The molecule has 0 spiro atoms. The predicted octanol–water partition coefficient (Wildman–Crippen LogP) is 2.40. The van der Waals surface area contributed by atoms with Crippen LogP contribution in [-0.2, 0) is 13.0 Å². The lowest BCUT2D eigenvalue weighted by Crippen LogP contribution is -2.36. The molecule has 1 aromatic rings. The first-order valence-electron chi connectivity index (χ1n) is 4.82. The Morgan fingerprint density at radius 1 is 1.53 bits per heavy atom. The van der Waals surface area contributed by atoms with Crippen LogP contribution in [-0.4, -0.2) is 17.9 Å². The number of hydrogen-bond acceptors (Lipinski definition) is 3. The molecule has 0 fully saturated rings. The van der Waals surface area contributed by atoms with Gasteiger partial charge in [0.1, 0.15) is 6.67 Å². The molecule has 1 aliphatic rings. The number of fused-ring (bicyclic) bond motifs is 1. The standard InChI is InChI=1S/C11H11FN2S/c12-5-11-3-8-1-2-10(14-7-15)4-9(8)6-13-11/h1-2,4,11,13H,3,5-6H2/t11-/m0/s1. The molecule has 1 heterocycles. The Bertz CT molecular complexity index is 413. The van der Waals surface area contributed by atoms with E-state index < -0.39 is 0 Å². The zero-order valence-corrected chi connectivity index (χ0v) is 8.98. The number of isothiocyanates is 1. The lowest BCUT2D eigenvalue weighted by Gasteiger charge is -2.23. The van der Waals surface area contributed by atoms with Crippen molar-refractivity contribution < 1.29 is 4.39 Å². The van der Waals surface area contributed by atoms with E-state index in [1.807, 2.05) is 18.2 Å². The fourth-order valence-electron chi connectivity index (χ4n) is 1.80. The average molecular weight is 222 g/mol. The van der Waals surface area contributed by atoms with Gasteiger partial charge in [-0.25, -0.2) is 4.39 Å². The largest absolute Gasteiger partial charge is 0.307 e. The van der Waals surface area contributed by atoms with Gasteiger partial charge in [-0.05, 0) is 41.9 Å². The number of nitrogens with one attached hydrogen (secondary N) is 1. The van der Waals surface area contributed by atoms with Crippen LogP contribution < -0.4 is 5.32 Å². The molecule has 0 aromatic heterocycles. The fraction of sp³-hybridized carbons (Fsp3) is 0.364. The number of thiocarbonyl (C=S) groups is 1. The third-order valence-corrected chi connectivity index (χ3v) is 2.69. The summed E-state index contributed by atoms with van der Waals surface area (Å²) in [7, 11) is 0. The van der Waals surface area contributed by atoms with Crippen molar-refractivity contribution in [1.82, 2.24) is 5.32 Å². The molecule has 1 N–H and O–H groups in total. The van der Waals surface area contributed by atoms with Gasteiger partial charge in [-0.3, -0.25) is 0 Å². The predicted molar refractivity (Wildman–Crippen MR) is 61.4 cm³/mol. The molecule has 2 nitrogen and oxygen atoms in total. The molecule has 0 saturated heterocycles. The Morgan fingerprint density at radius 2 is 2.40 bits per heavy atom. The monoisotopic (exact) mass is 222 g/mol. The second-order valence-corrected chi connectivity index (χ2v) is 3.77. The summed E-state index contributed by atoms with van der Waals surface area (Å²) >= 11 is 4.54. The third-order valence-electron chi connectivity index (χ3n) is 2.60. The molecular weight excluding hydrogens is 211 g/mol. The van der Waals surface area contributed by atoms with Crippen LogP contribution in [0.1, 0.15) is 11.1 Å². The van der Waals surface area contributed by atoms with Crippen LogP contribution >= 0.6 is 12.2 Å². The van der Waals surface area contributed by atoms with E-state index in [4.69, 9.17) is 0 Å². The van der Waals surface area contributed by atoms with Crippen molar-refractivity contribution >= 4 is 23.1 Å². The van der Waals surface area contributed by atoms with Crippen molar-refractivity contribution in [1.29, 1.82) is 0 Å². The zero-order chi connectivity index (χ0) is 10.7. The van der Waals surface area contributed by atoms with E-state index in [9.17, 15) is 4.39 Å². The summed E-state index contributed by atoms with van der Waals surface area (Å²) in [6.07, 6.45) is 0.743. The SMILES string of the molecule is FC[C@@H]1Cc2ccc(N=C=S)cc2CN1. The quantitative estimate of drug-likeness (QED) is 0.614. The third kappa shape index (κ3) is 2.29. The van der Waals surface area contributed by atoms with Crippen LogP contribution in [0, 0.1) is 0 Å². The van der Waals surface area contributed by atoms with Gasteiger partial charge in [-0.2, -0.15) is 4.99 Å². The fourth-order valence-corrected chi connectivity index (χ4v) is 1.90. The summed E-state index contributed by atoms with van der Waals surface area (Å²) in [6, 6.07) is 5.80. The average Bonchev–Trinajstić information content (AvgIpc) is 2.29. The van der Waals surface area contributed by atoms with Crippen LogP contribution in [0.3, 0.4) is 0 Å². The number of hydrogen-bond donors (Lipinski definition) is 1. The molecule has 15 heavy (non-hydrogen) atoms. The van der Waals surface area contributed by atoms with E-state index in [0.29, 0.717) is 6.54 Å². The highest BCUT2D eigenvalue weighted by Gasteiger charge is 2.17. The normalized spacial score (nSPS) is 19.1. The number of alkyl halides is 1. The van der Waals surface area contributed by atoms with Gasteiger partial charge in [0.05, 0.1) is 10.8 Å². The molecule has 0 radical (unpaired) electrons. The van der Waals surface area contributed by atoms with Crippen molar-refractivity contribution in [3.63, 3.8) is 0 Å². The molecule has 0 amide bonds. The molecule has 0 unspecified atom stereocenters. The first kappa shape index (κ1) is 10.4. The maximum Gasteiger partial charge on any atom is 0.105 e. The van der Waals surface area contributed by atoms with Gasteiger partial charge in [0, 0.05) is 12.6 Å². The minimum Gasteiger partial charge on any atom is -0.307 e. The number of halogens is 1. The number of rotatable bonds is 2. The van der Waals surface area contributed by atoms with Crippen LogP contribution in [0.25, 0.3) is 0 Å². The van der Waals surface area contributed by atoms with Gasteiger partial charge in [0.2, 0.25) is 0 Å². The maximum absolute atomic E-state index is 12.5. The van der Waals surface area contributed by atoms with Gasteiger partial charge < -0.3 is 5.32 Å². The smallest absolute Gasteiger partial charge is 0.105 e. The minimum absolute atomic E-state index is 0.0441. The Balaban J connectivity index is 2.28. The van der Waals surface area contributed by atoms with E-state index in [1.54, 1.807) is 0 Å². The molecule has 0 saturated carbocycles. The van der Waals surface area contributed by atoms with Gasteiger partial charge in [0.15, 0.2) is 0 Å². The summed E-state index contributed by atoms with van der Waals surface area (Å²) in [5, 5.41) is 5.47. The van der Waals surface area contributed by atoms with Crippen LogP contribution in [0.5, 0.6) is 0 Å². The van der Waals surface area contributed by atoms with Crippen molar-refractivity contribution in [2.45, 2.75) is 19.0 Å². The summed E-state index contributed by atoms with van der Waals surface area (Å²) in [4.78, 5) is 3.92. The Hall–Kier alpha value is -1.09. The van der Waals surface area contributed by atoms with E-state index >= 15 is 0 Å². The summed E-state index contributed by atoms with van der Waals surface area (Å²) in [6.45, 7) is 0.379. The molecule has 0 aliphatic carbocycles. The van der Waals surface area contributed by atoms with Gasteiger partial charge in [-0.1, -0.05) is 6.07 Å². The molecule has 4 heteroatoms. The zero-order valence-electron chi connectivity index (χ0n) is 8.16. The Morgan fingerprint density at radius 3 is 3.13 bits per heavy atom. The molecule has 1 atom stereocenters. The summed E-state index contributed by atoms with van der Waals surface area (Å²) < 4.78 is 12.5. The van der Waals surface area contributed by atoms with Crippen molar-refractivity contribution in [3.05, 3.63) is 29.3 Å². The number of benzene rings is 1. The van der Waals surface area contributed by atoms with Crippen molar-refractivity contribution in [2.24, 2.45) is 4.99 Å². The number of nitrogens with zero attached hydrogens (tertiary/aromatic N) is 1. The Labute approximate surface area is 93.2 Å². The first-order valence-corrected chi connectivity index (χ1v) is 5.23. The molecule has 78 valence electrons. The van der Waals surface area contributed by atoms with E-state index in [0.717, 1.165) is 12.1 Å².